The van der Waals surface area contributed by atoms with Crippen LogP contribution in [0.15, 0.2) is 83.9 Å². The molecule has 0 aliphatic heterocycles. The maximum absolute atomic E-state index is 13.5. The molecule has 1 aliphatic rings. The van der Waals surface area contributed by atoms with Gasteiger partial charge in [-0.15, -0.1) is 0 Å². The predicted octanol–water partition coefficient (Wildman–Crippen LogP) is 5.50. The van der Waals surface area contributed by atoms with Gasteiger partial charge >= 0.3 is 0 Å². The van der Waals surface area contributed by atoms with Crippen LogP contribution >= 0.6 is 0 Å². The number of hydrogen-bond acceptors (Lipinski definition) is 7. The lowest BCUT2D eigenvalue weighted by Crippen LogP contribution is -2.28. The van der Waals surface area contributed by atoms with Crippen molar-refractivity contribution in [2.45, 2.75) is 25.7 Å². The van der Waals surface area contributed by atoms with Crippen LogP contribution in [0.2, 0.25) is 0 Å². The van der Waals surface area contributed by atoms with Gasteiger partial charge in [0.1, 0.15) is 11.5 Å². The second-order valence-electron chi connectivity index (χ2n) is 9.58. The summed E-state index contributed by atoms with van der Waals surface area (Å²) in [6.07, 6.45) is 5.89. The Morgan fingerprint density at radius 3 is 2.45 bits per heavy atom. The molecule has 0 fully saturated rings. The summed E-state index contributed by atoms with van der Waals surface area (Å²) in [6, 6.07) is 20.1. The fourth-order valence-corrected chi connectivity index (χ4v) is 5.19. The van der Waals surface area contributed by atoms with Crippen LogP contribution in [0, 0.1) is 0 Å². The number of ketones is 1. The second kappa shape index (κ2) is 10.6. The standard InChI is InChI=1S/C32H27N3O5/c1-38-30-17-24-26(18-31(30)39-2)33-14-13-29(24)40-23-12-11-21(34-19-23)16-28(36)25-15-20-7-6-10-27(20)35(32(25)37)22-8-4-3-5-9-22/h3-5,8-9,11-15,17-19H,6-7,10,16H2,1-2H3. The highest BCUT2D eigenvalue weighted by Gasteiger charge is 2.23. The summed E-state index contributed by atoms with van der Waals surface area (Å²) in [7, 11) is 3.15. The van der Waals surface area contributed by atoms with Crippen molar-refractivity contribution in [3.8, 4) is 28.7 Å². The summed E-state index contributed by atoms with van der Waals surface area (Å²) in [5.41, 5.74) is 3.98. The third-order valence-electron chi connectivity index (χ3n) is 7.14. The van der Waals surface area contributed by atoms with Crippen LogP contribution in [0.1, 0.15) is 33.7 Å². The van der Waals surface area contributed by atoms with Gasteiger partial charge < -0.3 is 14.2 Å². The van der Waals surface area contributed by atoms with Crippen LogP contribution < -0.4 is 19.8 Å². The average molecular weight is 534 g/mol. The third-order valence-corrected chi connectivity index (χ3v) is 7.14. The van der Waals surface area contributed by atoms with Gasteiger partial charge in [-0.3, -0.25) is 24.1 Å². The molecule has 2 aromatic carbocycles. The third kappa shape index (κ3) is 4.68. The molecule has 3 heterocycles. The van der Waals surface area contributed by atoms with Crippen LogP contribution in [-0.4, -0.2) is 34.5 Å². The number of benzene rings is 2. The molecule has 0 bridgehead atoms. The van der Waals surface area contributed by atoms with E-state index in [4.69, 9.17) is 14.2 Å². The van der Waals surface area contributed by atoms with E-state index >= 15 is 0 Å². The van der Waals surface area contributed by atoms with Crippen LogP contribution in [0.5, 0.6) is 23.0 Å². The molecule has 0 spiro atoms. The topological polar surface area (TPSA) is 92.5 Å². The quantitative estimate of drug-likeness (QED) is 0.243. The lowest BCUT2D eigenvalue weighted by Gasteiger charge is -2.14. The molecule has 0 atom stereocenters. The van der Waals surface area contributed by atoms with Crippen molar-refractivity contribution in [1.82, 2.24) is 14.5 Å². The Morgan fingerprint density at radius 1 is 0.900 bits per heavy atom. The predicted molar refractivity (Wildman–Crippen MR) is 151 cm³/mol. The number of Topliss-reactive ketones (excluding diaryl/α,β-unsaturated/α-hetero) is 1. The van der Waals surface area contributed by atoms with Crippen LogP contribution in [-0.2, 0) is 19.3 Å². The lowest BCUT2D eigenvalue weighted by molar-refractivity contribution is 0.0990. The highest BCUT2D eigenvalue weighted by atomic mass is 16.5. The van der Waals surface area contributed by atoms with Crippen molar-refractivity contribution in [2.24, 2.45) is 0 Å². The fourth-order valence-electron chi connectivity index (χ4n) is 5.19. The molecule has 0 amide bonds. The van der Waals surface area contributed by atoms with Gasteiger partial charge in [0.05, 0.1) is 37.9 Å². The average Bonchev–Trinajstić information content (AvgIpc) is 3.46. The first kappa shape index (κ1) is 25.3. The number of methoxy groups -OCH3 is 2. The molecule has 8 heteroatoms. The van der Waals surface area contributed by atoms with E-state index in [-0.39, 0.29) is 23.3 Å². The molecular formula is C32H27N3O5. The van der Waals surface area contributed by atoms with Gasteiger partial charge in [-0.1, -0.05) is 18.2 Å². The molecule has 0 N–H and O–H groups in total. The van der Waals surface area contributed by atoms with E-state index in [0.717, 1.165) is 41.6 Å². The maximum atomic E-state index is 13.5. The minimum atomic E-state index is -0.284. The number of ether oxygens (including phenoxy) is 3. The summed E-state index contributed by atoms with van der Waals surface area (Å²) < 4.78 is 18.6. The first-order valence-corrected chi connectivity index (χ1v) is 13.1. The SMILES string of the molecule is COc1cc2nccc(Oc3ccc(CC(=O)c4cc5c(n(-c6ccccc6)c4=O)CCC5)nc3)c2cc1OC. The van der Waals surface area contributed by atoms with Crippen molar-refractivity contribution >= 4 is 16.7 Å². The molecule has 8 nitrogen and oxygen atoms in total. The summed E-state index contributed by atoms with van der Waals surface area (Å²) in [6.45, 7) is 0. The highest BCUT2D eigenvalue weighted by molar-refractivity contribution is 5.97. The molecule has 3 aromatic heterocycles. The molecule has 0 unspecified atom stereocenters. The van der Waals surface area contributed by atoms with Gasteiger partial charge in [-0.05, 0) is 67.3 Å². The largest absolute Gasteiger partial charge is 0.493 e. The van der Waals surface area contributed by atoms with Gasteiger partial charge in [0.15, 0.2) is 17.3 Å². The Bertz CT molecular complexity index is 1780. The minimum absolute atomic E-state index is 0.0122. The molecule has 0 radical (unpaired) electrons. The van der Waals surface area contributed by atoms with E-state index < -0.39 is 0 Å². The molecule has 200 valence electrons. The Labute approximate surface area is 230 Å². The van der Waals surface area contributed by atoms with Crippen molar-refractivity contribution in [3.63, 3.8) is 0 Å². The zero-order valence-corrected chi connectivity index (χ0v) is 22.2. The van der Waals surface area contributed by atoms with Crippen LogP contribution in [0.25, 0.3) is 16.6 Å². The van der Waals surface area contributed by atoms with E-state index in [1.54, 1.807) is 61.5 Å². The number of carbonyl (C=O) groups excluding carboxylic acids is 1. The monoisotopic (exact) mass is 533 g/mol. The normalized spacial score (nSPS) is 12.2. The van der Waals surface area contributed by atoms with E-state index in [1.807, 2.05) is 36.4 Å². The maximum Gasteiger partial charge on any atom is 0.266 e. The summed E-state index contributed by atoms with van der Waals surface area (Å²) in [5, 5.41) is 0.755. The van der Waals surface area contributed by atoms with Crippen LogP contribution in [0.4, 0.5) is 0 Å². The molecule has 6 rings (SSSR count). The van der Waals surface area contributed by atoms with Gasteiger partial charge in [-0.25, -0.2) is 0 Å². The Kier molecular flexibility index (Phi) is 6.74. The Hall–Kier alpha value is -4.98. The number of nitrogens with zero attached hydrogens (tertiary/aromatic N) is 3. The number of carbonyl (C=O) groups is 1. The number of para-hydroxylation sites is 1. The molecule has 0 saturated carbocycles. The van der Waals surface area contributed by atoms with Gasteiger partial charge in [0.2, 0.25) is 0 Å². The van der Waals surface area contributed by atoms with Crippen molar-refractivity contribution in [1.29, 1.82) is 0 Å². The van der Waals surface area contributed by atoms with E-state index in [0.29, 0.717) is 34.2 Å². The summed E-state index contributed by atoms with van der Waals surface area (Å²) in [4.78, 5) is 35.7. The number of aromatic nitrogens is 3. The summed E-state index contributed by atoms with van der Waals surface area (Å²) >= 11 is 0. The molecule has 1 aliphatic carbocycles. The molecule has 0 saturated heterocycles. The molecule has 40 heavy (non-hydrogen) atoms. The molecular weight excluding hydrogens is 506 g/mol. The van der Waals surface area contributed by atoms with Gasteiger partial charge in [-0.2, -0.15) is 0 Å². The van der Waals surface area contributed by atoms with Gasteiger partial charge in [0.25, 0.3) is 5.56 Å². The van der Waals surface area contributed by atoms with E-state index in [2.05, 4.69) is 9.97 Å². The number of rotatable bonds is 8. The van der Waals surface area contributed by atoms with Crippen molar-refractivity contribution in [3.05, 3.63) is 112 Å². The number of hydrogen-bond donors (Lipinski definition) is 0. The zero-order valence-electron chi connectivity index (χ0n) is 22.2. The lowest BCUT2D eigenvalue weighted by atomic mass is 10.0. The van der Waals surface area contributed by atoms with Crippen molar-refractivity contribution < 1.29 is 19.0 Å². The zero-order chi connectivity index (χ0) is 27.6. The molecule has 5 aromatic rings. The highest BCUT2D eigenvalue weighted by Crippen LogP contribution is 2.36. The second-order valence-corrected chi connectivity index (χ2v) is 9.58. The van der Waals surface area contributed by atoms with E-state index in [1.165, 1.54) is 0 Å². The smallest absolute Gasteiger partial charge is 0.266 e. The number of pyridine rings is 3. The Balaban J connectivity index is 1.25. The van der Waals surface area contributed by atoms with Gasteiger partial charge in [0, 0.05) is 34.7 Å². The fraction of sp³-hybridized carbons (Fsp3) is 0.188. The first-order valence-electron chi connectivity index (χ1n) is 13.1. The Morgan fingerprint density at radius 2 is 1.70 bits per heavy atom. The number of aryl methyl sites for hydroxylation is 1. The van der Waals surface area contributed by atoms with Crippen LogP contribution in [0.3, 0.4) is 0 Å². The number of fused-ring (bicyclic) bond motifs is 2. The summed E-state index contributed by atoms with van der Waals surface area (Å²) in [5.74, 6) is 1.97. The van der Waals surface area contributed by atoms with Crippen molar-refractivity contribution in [2.75, 3.05) is 14.2 Å². The van der Waals surface area contributed by atoms with E-state index in [9.17, 15) is 9.59 Å². The first-order chi connectivity index (χ1) is 19.6. The minimum Gasteiger partial charge on any atom is -0.493 e.